The number of hydrogen-bond donors (Lipinski definition) is 1. The first-order valence-electron chi connectivity index (χ1n) is 11.9. The van der Waals surface area contributed by atoms with Crippen LogP contribution in [0.15, 0.2) is 58.3 Å². The van der Waals surface area contributed by atoms with Crippen LogP contribution in [0.1, 0.15) is 15.9 Å². The third kappa shape index (κ3) is 6.13. The minimum Gasteiger partial charge on any atom is -0.379 e. The maximum atomic E-state index is 12.8. The van der Waals surface area contributed by atoms with Crippen LogP contribution in [0.2, 0.25) is 0 Å². The van der Waals surface area contributed by atoms with Crippen molar-refractivity contribution in [1.29, 1.82) is 0 Å². The van der Waals surface area contributed by atoms with Gasteiger partial charge in [0.2, 0.25) is 20.0 Å². The highest BCUT2D eigenvalue weighted by molar-refractivity contribution is 7.89. The first kappa shape index (κ1) is 26.7. The second-order valence-electron chi connectivity index (χ2n) is 8.86. The van der Waals surface area contributed by atoms with E-state index < -0.39 is 20.0 Å². The summed E-state index contributed by atoms with van der Waals surface area (Å²) in [5.41, 5.74) is 1.39. The summed E-state index contributed by atoms with van der Waals surface area (Å²) in [5.74, 6) is -0.286. The summed E-state index contributed by atoms with van der Waals surface area (Å²) in [6.07, 6.45) is 0. The molecule has 4 rings (SSSR count). The van der Waals surface area contributed by atoms with Crippen molar-refractivity contribution in [3.05, 3.63) is 59.7 Å². The van der Waals surface area contributed by atoms with Gasteiger partial charge in [0.1, 0.15) is 0 Å². The molecule has 0 bridgehead atoms. The zero-order valence-electron chi connectivity index (χ0n) is 20.3. The average molecular weight is 537 g/mol. The number of amides is 1. The maximum Gasteiger partial charge on any atom is 0.251 e. The molecule has 2 aromatic rings. The average Bonchev–Trinajstić information content (AvgIpc) is 2.90. The van der Waals surface area contributed by atoms with Crippen molar-refractivity contribution >= 4 is 26.0 Å². The molecule has 1 N–H and O–H groups in total. The Morgan fingerprint density at radius 3 is 1.83 bits per heavy atom. The minimum atomic E-state index is -3.60. The number of benzene rings is 2. The quantitative estimate of drug-likeness (QED) is 0.529. The van der Waals surface area contributed by atoms with Gasteiger partial charge in [-0.05, 0) is 43.3 Å². The van der Waals surface area contributed by atoms with Gasteiger partial charge in [-0.1, -0.05) is 17.7 Å². The molecule has 0 spiro atoms. The summed E-state index contributed by atoms with van der Waals surface area (Å²) >= 11 is 0. The van der Waals surface area contributed by atoms with Crippen LogP contribution in [0.3, 0.4) is 0 Å². The van der Waals surface area contributed by atoms with Crippen molar-refractivity contribution in [2.24, 2.45) is 0 Å². The number of aryl methyl sites for hydroxylation is 1. The number of sulfonamides is 2. The molecule has 0 aromatic heterocycles. The smallest absolute Gasteiger partial charge is 0.251 e. The normalized spacial score (nSPS) is 18.7. The van der Waals surface area contributed by atoms with E-state index in [1.165, 1.54) is 32.9 Å². The predicted molar refractivity (Wildman–Crippen MR) is 135 cm³/mol. The Balaban J connectivity index is 1.23. The van der Waals surface area contributed by atoms with Crippen molar-refractivity contribution in [3.8, 4) is 0 Å². The topological polar surface area (TPSA) is 116 Å². The Labute approximate surface area is 212 Å². The van der Waals surface area contributed by atoms with Crippen LogP contribution in [0.5, 0.6) is 0 Å². The SMILES string of the molecule is Cc1ccc(S(=O)(=O)N2CCN(CCNC(=O)c3ccc(S(=O)(=O)N4CCOCC4)cc3)CC2)cc1. The number of piperazine rings is 1. The van der Waals surface area contributed by atoms with E-state index in [0.717, 1.165) is 5.56 Å². The monoisotopic (exact) mass is 536 g/mol. The highest BCUT2D eigenvalue weighted by Crippen LogP contribution is 2.19. The summed E-state index contributed by atoms with van der Waals surface area (Å²) in [4.78, 5) is 15.1. The van der Waals surface area contributed by atoms with Crippen LogP contribution in [-0.2, 0) is 24.8 Å². The van der Waals surface area contributed by atoms with E-state index in [2.05, 4.69) is 10.2 Å². The molecule has 0 radical (unpaired) electrons. The van der Waals surface area contributed by atoms with Crippen molar-refractivity contribution in [1.82, 2.24) is 18.8 Å². The molecule has 0 aliphatic carbocycles. The Morgan fingerprint density at radius 1 is 0.778 bits per heavy atom. The zero-order valence-corrected chi connectivity index (χ0v) is 21.9. The van der Waals surface area contributed by atoms with Crippen LogP contribution in [0, 0.1) is 6.92 Å². The summed E-state index contributed by atoms with van der Waals surface area (Å²) in [6, 6.07) is 12.8. The van der Waals surface area contributed by atoms with E-state index in [-0.39, 0.29) is 10.8 Å². The number of nitrogens with zero attached hydrogens (tertiary/aromatic N) is 3. The van der Waals surface area contributed by atoms with E-state index in [0.29, 0.717) is 76.0 Å². The van der Waals surface area contributed by atoms with Crippen molar-refractivity contribution in [2.45, 2.75) is 16.7 Å². The van der Waals surface area contributed by atoms with Crippen LogP contribution in [0.4, 0.5) is 0 Å². The molecule has 36 heavy (non-hydrogen) atoms. The lowest BCUT2D eigenvalue weighted by molar-refractivity contribution is 0.0730. The molecule has 2 heterocycles. The highest BCUT2D eigenvalue weighted by atomic mass is 32.2. The number of hydrogen-bond acceptors (Lipinski definition) is 7. The lowest BCUT2D eigenvalue weighted by Crippen LogP contribution is -2.50. The van der Waals surface area contributed by atoms with Crippen molar-refractivity contribution < 1.29 is 26.4 Å². The maximum absolute atomic E-state index is 12.8. The predicted octanol–water partition coefficient (Wildman–Crippen LogP) is 0.752. The van der Waals surface area contributed by atoms with Gasteiger partial charge in [-0.2, -0.15) is 8.61 Å². The summed E-state index contributed by atoms with van der Waals surface area (Å²) in [5, 5.41) is 2.85. The fraction of sp³-hybridized carbons (Fsp3) is 0.458. The Kier molecular flexibility index (Phi) is 8.43. The molecule has 2 fully saturated rings. The molecule has 196 valence electrons. The highest BCUT2D eigenvalue weighted by Gasteiger charge is 2.29. The molecule has 0 unspecified atom stereocenters. The second-order valence-corrected chi connectivity index (χ2v) is 12.7. The Hall–Kier alpha value is -2.35. The van der Waals surface area contributed by atoms with Crippen LogP contribution < -0.4 is 5.32 Å². The van der Waals surface area contributed by atoms with Crippen molar-refractivity contribution in [3.63, 3.8) is 0 Å². The van der Waals surface area contributed by atoms with Gasteiger partial charge in [0.25, 0.3) is 5.91 Å². The first-order chi connectivity index (χ1) is 17.2. The summed E-state index contributed by atoms with van der Waals surface area (Å²) < 4.78 is 59.2. The Bertz CT molecular complexity index is 1250. The number of morpholine rings is 1. The summed E-state index contributed by atoms with van der Waals surface area (Å²) in [7, 11) is -7.11. The van der Waals surface area contributed by atoms with E-state index in [9.17, 15) is 21.6 Å². The standard InChI is InChI=1S/C24H32N4O6S2/c1-20-2-6-22(7-3-20)35(30,31)27-14-12-26(13-15-27)11-10-25-24(29)21-4-8-23(9-5-21)36(32,33)28-16-18-34-19-17-28/h2-9H,10-19H2,1H3,(H,25,29). The molecule has 12 heteroatoms. The fourth-order valence-electron chi connectivity index (χ4n) is 4.20. The van der Waals surface area contributed by atoms with E-state index >= 15 is 0 Å². The molecule has 0 saturated carbocycles. The molecule has 1 amide bonds. The van der Waals surface area contributed by atoms with E-state index in [1.807, 2.05) is 6.92 Å². The van der Waals surface area contributed by atoms with Gasteiger partial charge in [-0.25, -0.2) is 16.8 Å². The van der Waals surface area contributed by atoms with Gasteiger partial charge in [0.15, 0.2) is 0 Å². The van der Waals surface area contributed by atoms with Gasteiger partial charge in [-0.15, -0.1) is 0 Å². The zero-order chi connectivity index (χ0) is 25.8. The number of ether oxygens (including phenoxy) is 1. The largest absolute Gasteiger partial charge is 0.379 e. The lowest BCUT2D eigenvalue weighted by Gasteiger charge is -2.34. The molecular formula is C24H32N4O6S2. The minimum absolute atomic E-state index is 0.152. The Morgan fingerprint density at radius 2 is 1.28 bits per heavy atom. The molecule has 0 atom stereocenters. The third-order valence-electron chi connectivity index (χ3n) is 6.43. The third-order valence-corrected chi connectivity index (χ3v) is 10.3. The van der Waals surface area contributed by atoms with Crippen LogP contribution in [0.25, 0.3) is 0 Å². The number of rotatable bonds is 8. The van der Waals surface area contributed by atoms with Gasteiger partial charge < -0.3 is 10.1 Å². The summed E-state index contributed by atoms with van der Waals surface area (Å²) in [6.45, 7) is 6.23. The molecule has 2 aliphatic heterocycles. The second kappa shape index (κ2) is 11.4. The number of nitrogens with one attached hydrogen (secondary N) is 1. The molecular weight excluding hydrogens is 504 g/mol. The molecule has 2 aliphatic rings. The van der Waals surface area contributed by atoms with Gasteiger partial charge in [0.05, 0.1) is 23.0 Å². The van der Waals surface area contributed by atoms with Crippen molar-refractivity contribution in [2.75, 3.05) is 65.6 Å². The molecule has 10 nitrogen and oxygen atoms in total. The van der Waals surface area contributed by atoms with E-state index in [4.69, 9.17) is 4.74 Å². The first-order valence-corrected chi connectivity index (χ1v) is 14.8. The van der Waals surface area contributed by atoms with Crippen LogP contribution in [-0.4, -0.2) is 102 Å². The van der Waals surface area contributed by atoms with E-state index in [1.54, 1.807) is 24.3 Å². The van der Waals surface area contributed by atoms with Crippen LogP contribution >= 0.6 is 0 Å². The number of carbonyl (C=O) groups is 1. The van der Waals surface area contributed by atoms with Gasteiger partial charge in [-0.3, -0.25) is 9.69 Å². The lowest BCUT2D eigenvalue weighted by atomic mass is 10.2. The fourth-order valence-corrected chi connectivity index (χ4v) is 7.03. The number of carbonyl (C=O) groups excluding carboxylic acids is 1. The molecule has 2 aromatic carbocycles. The molecule has 2 saturated heterocycles. The van der Waals surface area contributed by atoms with Gasteiger partial charge >= 0.3 is 0 Å². The van der Waals surface area contributed by atoms with Gasteiger partial charge in [0, 0.05) is 57.9 Å².